The van der Waals surface area contributed by atoms with Crippen molar-refractivity contribution in [2.24, 2.45) is 0 Å². The number of hydrogen-bond acceptors (Lipinski definition) is 7. The van der Waals surface area contributed by atoms with Gasteiger partial charge in [0.15, 0.2) is 5.82 Å². The number of aromatic nitrogens is 2. The van der Waals surface area contributed by atoms with Gasteiger partial charge < -0.3 is 14.7 Å². The first kappa shape index (κ1) is 27.7. The minimum absolute atomic E-state index is 0.0301. The van der Waals surface area contributed by atoms with Crippen molar-refractivity contribution in [3.63, 3.8) is 0 Å². The van der Waals surface area contributed by atoms with Crippen molar-refractivity contribution in [1.82, 2.24) is 24.5 Å². The van der Waals surface area contributed by atoms with Gasteiger partial charge in [0, 0.05) is 83.8 Å². The Labute approximate surface area is 218 Å². The van der Waals surface area contributed by atoms with Crippen LogP contribution in [0.2, 0.25) is 0 Å². The fourth-order valence-electron chi connectivity index (χ4n) is 4.57. The van der Waals surface area contributed by atoms with Crippen LogP contribution in [-0.4, -0.2) is 103 Å². The number of piperazine rings is 2. The molecule has 208 valence electrons. The summed E-state index contributed by atoms with van der Waals surface area (Å²) >= 11 is 0. The normalized spacial score (nSPS) is 17.6. The van der Waals surface area contributed by atoms with Gasteiger partial charge in [0.2, 0.25) is 15.9 Å². The van der Waals surface area contributed by atoms with Gasteiger partial charge in [-0.2, -0.15) is 17.9 Å². The summed E-state index contributed by atoms with van der Waals surface area (Å²) in [7, 11) is -3.53. The number of halogens is 3. The highest BCUT2D eigenvalue weighted by Gasteiger charge is 2.32. The van der Waals surface area contributed by atoms with Gasteiger partial charge in [0.1, 0.15) is 0 Å². The lowest BCUT2D eigenvalue weighted by Crippen LogP contribution is -2.49. The number of benzene rings is 1. The predicted octanol–water partition coefficient (Wildman–Crippen LogP) is 1.73. The van der Waals surface area contributed by atoms with Gasteiger partial charge in [0.05, 0.1) is 11.8 Å². The Hall–Kier alpha value is -3.33. The molecule has 1 N–H and O–H groups in total. The molecule has 0 spiro atoms. The van der Waals surface area contributed by atoms with Crippen LogP contribution in [0.5, 0.6) is 0 Å². The highest BCUT2D eigenvalue weighted by atomic mass is 32.2. The molecule has 0 saturated carbocycles. The minimum Gasteiger partial charge on any atom is -0.368 e. The van der Waals surface area contributed by atoms with E-state index < -0.39 is 27.8 Å². The Bertz CT molecular complexity index is 1280. The van der Waals surface area contributed by atoms with Crippen LogP contribution in [0.15, 0.2) is 30.5 Å². The Balaban J connectivity index is 1.40. The highest BCUT2D eigenvalue weighted by Crippen LogP contribution is 2.34. The lowest BCUT2D eigenvalue weighted by Gasteiger charge is -2.37. The van der Waals surface area contributed by atoms with Crippen LogP contribution in [-0.2, 0) is 27.5 Å². The molecule has 38 heavy (non-hydrogen) atoms. The molecule has 15 heteroatoms. The molecule has 2 aliphatic heterocycles. The summed E-state index contributed by atoms with van der Waals surface area (Å²) in [5, 5.41) is 3.95. The van der Waals surface area contributed by atoms with E-state index in [1.807, 2.05) is 9.80 Å². The molecule has 3 heterocycles. The molecule has 0 atom stereocenters. The third-order valence-corrected chi connectivity index (χ3v) is 7.10. The van der Waals surface area contributed by atoms with Gasteiger partial charge in [-0.3, -0.25) is 14.4 Å². The molecule has 0 bridgehead atoms. The Morgan fingerprint density at radius 2 is 1.61 bits per heavy atom. The topological polar surface area (TPSA) is 111 Å². The molecule has 1 aromatic carbocycles. The number of carbonyl (C=O) groups is 2. The van der Waals surface area contributed by atoms with E-state index in [4.69, 9.17) is 0 Å². The molecule has 2 amide bonds. The van der Waals surface area contributed by atoms with E-state index in [1.165, 1.54) is 19.2 Å². The Morgan fingerprint density at radius 3 is 2.18 bits per heavy atom. The van der Waals surface area contributed by atoms with Crippen LogP contribution in [0.25, 0.3) is 0 Å². The average Bonchev–Trinajstić information content (AvgIpc) is 3.30. The second-order valence-corrected chi connectivity index (χ2v) is 11.2. The lowest BCUT2D eigenvalue weighted by atomic mass is 10.1. The number of rotatable bonds is 5. The third kappa shape index (κ3) is 6.95. The van der Waals surface area contributed by atoms with Crippen LogP contribution in [0.1, 0.15) is 18.1 Å². The Morgan fingerprint density at radius 1 is 0.974 bits per heavy atom. The van der Waals surface area contributed by atoms with E-state index in [2.05, 4.69) is 9.82 Å². The van der Waals surface area contributed by atoms with Gasteiger partial charge >= 0.3 is 12.2 Å². The number of anilines is 2. The van der Waals surface area contributed by atoms with Crippen LogP contribution < -0.4 is 9.62 Å². The average molecular weight is 558 g/mol. The molecular formula is C23H30F3N7O4S. The highest BCUT2D eigenvalue weighted by molar-refractivity contribution is 7.92. The fraction of sp³-hybridized carbons (Fsp3) is 0.522. The summed E-state index contributed by atoms with van der Waals surface area (Å²) in [5.41, 5.74) is 0.279. The molecule has 0 aliphatic carbocycles. The first-order chi connectivity index (χ1) is 17.8. The molecule has 2 aromatic rings. The quantitative estimate of drug-likeness (QED) is 0.596. The molecule has 11 nitrogen and oxygen atoms in total. The fourth-order valence-corrected chi connectivity index (χ4v) is 5.06. The lowest BCUT2D eigenvalue weighted by molar-refractivity contribution is -0.137. The van der Waals surface area contributed by atoms with E-state index in [9.17, 15) is 31.2 Å². The van der Waals surface area contributed by atoms with Crippen LogP contribution in [0, 0.1) is 0 Å². The number of hydrogen-bond donors (Lipinski definition) is 1. The molecule has 0 radical (unpaired) electrons. The van der Waals surface area contributed by atoms with Crippen LogP contribution in [0.3, 0.4) is 0 Å². The predicted molar refractivity (Wildman–Crippen MR) is 134 cm³/mol. The monoisotopic (exact) mass is 557 g/mol. The SMILES string of the molecule is CC(=O)N1CCN(c2cc(CN3CCN(C(=O)n4ccc(NS(C)(=O)=O)n4)CC3)cc(C(F)(F)F)c2)CC1. The van der Waals surface area contributed by atoms with Crippen molar-refractivity contribution >= 4 is 33.5 Å². The largest absolute Gasteiger partial charge is 0.416 e. The van der Waals surface area contributed by atoms with Gasteiger partial charge in [-0.05, 0) is 23.8 Å². The van der Waals surface area contributed by atoms with Crippen LogP contribution in [0.4, 0.5) is 29.5 Å². The summed E-state index contributed by atoms with van der Waals surface area (Å²) in [5.74, 6) is -0.0203. The van der Waals surface area contributed by atoms with Crippen LogP contribution >= 0.6 is 0 Å². The van der Waals surface area contributed by atoms with Gasteiger partial charge in [0.25, 0.3) is 0 Å². The molecule has 2 aliphatic rings. The van der Waals surface area contributed by atoms with Crippen molar-refractivity contribution < 1.29 is 31.2 Å². The standard InChI is InChI=1S/C23H30F3N7O4S/c1-17(34)30-9-11-31(12-10-30)20-14-18(13-19(15-20)23(24,25)26)16-29-5-7-32(8-6-29)22(35)33-4-3-21(27-33)28-38(2,36)37/h3-4,13-15H,5-12,16H2,1-2H3,(H,27,28). The first-order valence-corrected chi connectivity index (χ1v) is 13.9. The van der Waals surface area contributed by atoms with Crippen molar-refractivity contribution in [3.05, 3.63) is 41.6 Å². The summed E-state index contributed by atoms with van der Waals surface area (Å²) in [4.78, 5) is 31.4. The van der Waals surface area contributed by atoms with E-state index in [0.717, 1.165) is 23.1 Å². The molecule has 1 aromatic heterocycles. The smallest absolute Gasteiger partial charge is 0.368 e. The third-order valence-electron chi connectivity index (χ3n) is 6.52. The minimum atomic E-state index is -4.49. The van der Waals surface area contributed by atoms with Crippen molar-refractivity contribution in [2.45, 2.75) is 19.6 Å². The number of amides is 2. The first-order valence-electron chi connectivity index (χ1n) is 12.1. The molecule has 4 rings (SSSR count). The molecule has 2 saturated heterocycles. The van der Waals surface area contributed by atoms with E-state index >= 15 is 0 Å². The van der Waals surface area contributed by atoms with E-state index in [1.54, 1.807) is 15.9 Å². The van der Waals surface area contributed by atoms with Crippen molar-refractivity contribution in [1.29, 1.82) is 0 Å². The molecular weight excluding hydrogens is 527 g/mol. The zero-order valence-electron chi connectivity index (χ0n) is 21.1. The van der Waals surface area contributed by atoms with Crippen molar-refractivity contribution in [2.75, 3.05) is 68.2 Å². The van der Waals surface area contributed by atoms with E-state index in [-0.39, 0.29) is 18.3 Å². The number of nitrogens with one attached hydrogen (secondary N) is 1. The second kappa shape index (κ2) is 10.8. The summed E-state index contributed by atoms with van der Waals surface area (Å²) < 4.78 is 67.0. The summed E-state index contributed by atoms with van der Waals surface area (Å²) in [6.45, 7) is 5.17. The van der Waals surface area contributed by atoms with Gasteiger partial charge in [-0.1, -0.05) is 0 Å². The van der Waals surface area contributed by atoms with E-state index in [0.29, 0.717) is 63.6 Å². The number of alkyl halides is 3. The second-order valence-electron chi connectivity index (χ2n) is 9.44. The Kier molecular flexibility index (Phi) is 7.88. The maximum atomic E-state index is 13.7. The number of carbonyl (C=O) groups excluding carboxylic acids is 2. The molecule has 0 unspecified atom stereocenters. The van der Waals surface area contributed by atoms with Gasteiger partial charge in [-0.15, -0.1) is 5.10 Å². The molecule has 2 fully saturated rings. The van der Waals surface area contributed by atoms with Gasteiger partial charge in [-0.25, -0.2) is 13.2 Å². The maximum Gasteiger partial charge on any atom is 0.416 e. The summed E-state index contributed by atoms with van der Waals surface area (Å²) in [6.07, 6.45) is -2.15. The number of nitrogens with zero attached hydrogens (tertiary/aromatic N) is 6. The summed E-state index contributed by atoms with van der Waals surface area (Å²) in [6, 6.07) is 5.03. The number of sulfonamides is 1. The zero-order valence-corrected chi connectivity index (χ0v) is 21.9. The van der Waals surface area contributed by atoms with Crippen molar-refractivity contribution in [3.8, 4) is 0 Å². The maximum absolute atomic E-state index is 13.7. The zero-order chi connectivity index (χ0) is 27.7.